The summed E-state index contributed by atoms with van der Waals surface area (Å²) < 4.78 is 0. The van der Waals surface area contributed by atoms with Gasteiger partial charge in [0.25, 0.3) is 0 Å². The van der Waals surface area contributed by atoms with E-state index >= 15 is 0 Å². The standard InChI is InChI=1S/C30H46O2/c1-17-16-20(28(6,7)8)25(31)24(30(12,13)14)21(17)22-18(2)15-19(27(3,4)5)23(26(22)32)29(9,10)11/h15-16,31-32H,1-14H3. The van der Waals surface area contributed by atoms with E-state index in [4.69, 9.17) is 0 Å². The van der Waals surface area contributed by atoms with Gasteiger partial charge < -0.3 is 10.2 Å². The van der Waals surface area contributed by atoms with Crippen LogP contribution in [-0.4, -0.2) is 10.2 Å². The second kappa shape index (κ2) is 7.82. The van der Waals surface area contributed by atoms with Crippen molar-refractivity contribution < 1.29 is 10.2 Å². The molecule has 0 radical (unpaired) electrons. The van der Waals surface area contributed by atoms with E-state index < -0.39 is 0 Å². The van der Waals surface area contributed by atoms with E-state index in [1.54, 1.807) is 0 Å². The molecule has 2 nitrogen and oxygen atoms in total. The van der Waals surface area contributed by atoms with Crippen LogP contribution in [0, 0.1) is 13.8 Å². The quantitative estimate of drug-likeness (QED) is 0.468. The second-order valence-corrected chi connectivity index (χ2v) is 13.7. The Morgan fingerprint density at radius 1 is 0.469 bits per heavy atom. The maximum atomic E-state index is 11.9. The zero-order chi connectivity index (χ0) is 25.2. The zero-order valence-electron chi connectivity index (χ0n) is 23.0. The molecule has 0 aliphatic carbocycles. The van der Waals surface area contributed by atoms with E-state index in [2.05, 4.69) is 109 Å². The Morgan fingerprint density at radius 3 is 1.22 bits per heavy atom. The number of hydrogen-bond acceptors (Lipinski definition) is 2. The van der Waals surface area contributed by atoms with Gasteiger partial charge in [-0.2, -0.15) is 0 Å². The minimum Gasteiger partial charge on any atom is -0.507 e. The monoisotopic (exact) mass is 438 g/mol. The molecule has 2 heteroatoms. The SMILES string of the molecule is Cc1cc(C(C)(C)C)c(C(C)(C)C)c(O)c1-c1c(C)cc(C(C)(C)C)c(O)c1C(C)(C)C. The summed E-state index contributed by atoms with van der Waals surface area (Å²) in [5.74, 6) is 0.695. The molecule has 0 fully saturated rings. The van der Waals surface area contributed by atoms with Crippen LogP contribution in [0.4, 0.5) is 0 Å². The van der Waals surface area contributed by atoms with Crippen molar-refractivity contribution in [2.45, 2.75) is 119 Å². The summed E-state index contributed by atoms with van der Waals surface area (Å²) in [6.45, 7) is 30.1. The van der Waals surface area contributed by atoms with Gasteiger partial charge in [0.15, 0.2) is 0 Å². The van der Waals surface area contributed by atoms with Gasteiger partial charge in [-0.3, -0.25) is 0 Å². The molecule has 0 heterocycles. The molecule has 2 rings (SSSR count). The Labute approximate surface area is 197 Å². The lowest BCUT2D eigenvalue weighted by atomic mass is 9.70. The van der Waals surface area contributed by atoms with Gasteiger partial charge in [-0.25, -0.2) is 0 Å². The minimum atomic E-state index is -0.297. The second-order valence-electron chi connectivity index (χ2n) is 13.7. The van der Waals surface area contributed by atoms with Gasteiger partial charge in [0.2, 0.25) is 0 Å². The highest BCUT2D eigenvalue weighted by Crippen LogP contribution is 2.52. The molecule has 0 amide bonds. The summed E-state index contributed by atoms with van der Waals surface area (Å²) in [6.07, 6.45) is 0. The smallest absolute Gasteiger partial charge is 0.127 e. The van der Waals surface area contributed by atoms with E-state index in [0.717, 1.165) is 38.9 Å². The summed E-state index contributed by atoms with van der Waals surface area (Å²) in [7, 11) is 0. The van der Waals surface area contributed by atoms with Crippen LogP contribution in [0.15, 0.2) is 12.1 Å². The Kier molecular flexibility index (Phi) is 6.42. The van der Waals surface area contributed by atoms with E-state index in [1.165, 1.54) is 5.56 Å². The summed E-state index contributed by atoms with van der Waals surface area (Å²) in [5.41, 5.74) is 7.15. The largest absolute Gasteiger partial charge is 0.507 e. The lowest BCUT2D eigenvalue weighted by Gasteiger charge is -2.35. The number of phenolic OH excluding ortho intramolecular Hbond substituents is 2. The van der Waals surface area contributed by atoms with E-state index in [-0.39, 0.29) is 21.7 Å². The summed E-state index contributed by atoms with van der Waals surface area (Å²) in [4.78, 5) is 0. The number of aromatic hydroxyl groups is 2. The highest BCUT2D eigenvalue weighted by atomic mass is 16.3. The fraction of sp³-hybridized carbons (Fsp3) is 0.600. The first-order chi connectivity index (χ1) is 14.1. The molecule has 0 aliphatic heterocycles. The number of hydrogen-bond donors (Lipinski definition) is 2. The topological polar surface area (TPSA) is 40.5 Å². The van der Waals surface area contributed by atoms with Crippen LogP contribution in [0.2, 0.25) is 0 Å². The van der Waals surface area contributed by atoms with Crippen LogP contribution in [0.25, 0.3) is 11.1 Å². The van der Waals surface area contributed by atoms with Crippen LogP contribution in [-0.2, 0) is 21.7 Å². The number of benzene rings is 2. The third kappa shape index (κ3) is 4.70. The molecular weight excluding hydrogens is 392 g/mol. The molecule has 0 saturated carbocycles. The molecule has 32 heavy (non-hydrogen) atoms. The van der Waals surface area contributed by atoms with Crippen molar-refractivity contribution >= 4 is 0 Å². The lowest BCUT2D eigenvalue weighted by Crippen LogP contribution is -2.23. The van der Waals surface area contributed by atoms with Crippen molar-refractivity contribution in [3.05, 3.63) is 45.5 Å². The fourth-order valence-corrected chi connectivity index (χ4v) is 4.90. The first-order valence-electron chi connectivity index (χ1n) is 11.9. The van der Waals surface area contributed by atoms with Crippen molar-refractivity contribution in [2.75, 3.05) is 0 Å². The normalized spacial score (nSPS) is 13.6. The lowest BCUT2D eigenvalue weighted by molar-refractivity contribution is 0.422. The average Bonchev–Trinajstić information content (AvgIpc) is 2.52. The molecule has 0 aromatic heterocycles. The highest BCUT2D eigenvalue weighted by Gasteiger charge is 2.35. The predicted molar refractivity (Wildman–Crippen MR) is 139 cm³/mol. The zero-order valence-corrected chi connectivity index (χ0v) is 23.0. The molecular formula is C30H46O2. The predicted octanol–water partition coefficient (Wildman–Crippen LogP) is 8.57. The van der Waals surface area contributed by atoms with Gasteiger partial charge in [0.1, 0.15) is 11.5 Å². The van der Waals surface area contributed by atoms with Crippen LogP contribution >= 0.6 is 0 Å². The number of rotatable bonds is 1. The Hall–Kier alpha value is -1.96. The van der Waals surface area contributed by atoms with Crippen molar-refractivity contribution in [2.24, 2.45) is 0 Å². The minimum absolute atomic E-state index is 0.0937. The Bertz CT molecular complexity index is 1030. The number of aryl methyl sites for hydroxylation is 2. The molecule has 0 spiro atoms. The molecule has 0 unspecified atom stereocenters. The third-order valence-corrected chi connectivity index (χ3v) is 6.36. The summed E-state index contributed by atoms with van der Waals surface area (Å²) in [6, 6.07) is 4.35. The first kappa shape index (κ1) is 26.3. The van der Waals surface area contributed by atoms with Gasteiger partial charge in [0, 0.05) is 16.7 Å². The van der Waals surface area contributed by atoms with Gasteiger partial charge in [-0.05, 0) is 63.3 Å². The van der Waals surface area contributed by atoms with Gasteiger partial charge in [-0.1, -0.05) is 95.2 Å². The Balaban J connectivity index is 3.17. The van der Waals surface area contributed by atoms with E-state index in [9.17, 15) is 10.2 Å². The van der Waals surface area contributed by atoms with Crippen molar-refractivity contribution in [1.29, 1.82) is 0 Å². The molecule has 0 saturated heterocycles. The van der Waals surface area contributed by atoms with Crippen molar-refractivity contribution in [3.63, 3.8) is 0 Å². The average molecular weight is 439 g/mol. The fourth-order valence-electron chi connectivity index (χ4n) is 4.90. The van der Waals surface area contributed by atoms with Gasteiger partial charge in [0.05, 0.1) is 0 Å². The molecule has 2 N–H and O–H groups in total. The van der Waals surface area contributed by atoms with Crippen LogP contribution < -0.4 is 0 Å². The molecule has 2 aromatic carbocycles. The van der Waals surface area contributed by atoms with Crippen molar-refractivity contribution in [3.8, 4) is 22.6 Å². The maximum absolute atomic E-state index is 11.9. The number of phenols is 2. The van der Waals surface area contributed by atoms with Crippen LogP contribution in [0.1, 0.15) is 116 Å². The first-order valence-corrected chi connectivity index (χ1v) is 11.9. The molecule has 0 bridgehead atoms. The van der Waals surface area contributed by atoms with Crippen molar-refractivity contribution in [1.82, 2.24) is 0 Å². The molecule has 0 atom stereocenters. The summed E-state index contributed by atoms with van der Waals surface area (Å²) in [5, 5.41) is 23.4. The molecule has 2 aromatic rings. The maximum Gasteiger partial charge on any atom is 0.127 e. The van der Waals surface area contributed by atoms with Gasteiger partial charge >= 0.3 is 0 Å². The highest BCUT2D eigenvalue weighted by molar-refractivity contribution is 5.84. The van der Waals surface area contributed by atoms with E-state index in [1.807, 2.05) is 0 Å². The molecule has 178 valence electrons. The van der Waals surface area contributed by atoms with E-state index in [0.29, 0.717) is 11.5 Å². The third-order valence-electron chi connectivity index (χ3n) is 6.36. The Morgan fingerprint density at radius 2 is 0.844 bits per heavy atom. The van der Waals surface area contributed by atoms with Gasteiger partial charge in [-0.15, -0.1) is 0 Å². The molecule has 0 aliphatic rings. The van der Waals surface area contributed by atoms with Crippen LogP contribution in [0.5, 0.6) is 11.5 Å². The summed E-state index contributed by atoms with van der Waals surface area (Å²) >= 11 is 0. The van der Waals surface area contributed by atoms with Crippen LogP contribution in [0.3, 0.4) is 0 Å².